The summed E-state index contributed by atoms with van der Waals surface area (Å²) >= 11 is 0. The lowest BCUT2D eigenvalue weighted by atomic mass is 10.0. The topological polar surface area (TPSA) is 24.9 Å². The van der Waals surface area contributed by atoms with Crippen LogP contribution in [0.5, 0.6) is 0 Å². The van der Waals surface area contributed by atoms with Crippen LogP contribution in [0.2, 0.25) is 0 Å². The predicted octanol–water partition coefficient (Wildman–Crippen LogP) is 3.38. The smallest absolute Gasteiger partial charge is 0.253 e. The van der Waals surface area contributed by atoms with Crippen molar-refractivity contribution in [2.75, 3.05) is 5.32 Å². The molecule has 0 amide bonds. The van der Waals surface area contributed by atoms with E-state index in [1.807, 2.05) is 0 Å². The summed E-state index contributed by atoms with van der Waals surface area (Å²) in [5, 5.41) is 2.57. The molecule has 0 spiro atoms. The van der Waals surface area contributed by atoms with E-state index >= 15 is 0 Å². The molecule has 1 aromatic rings. The van der Waals surface area contributed by atoms with E-state index in [2.05, 4.69) is 10.3 Å². The normalized spacial score (nSPS) is 18.4. The Morgan fingerprint density at radius 1 is 1.00 bits per heavy atom. The van der Waals surface area contributed by atoms with E-state index in [0.29, 0.717) is 12.8 Å². The van der Waals surface area contributed by atoms with Gasteiger partial charge in [0.05, 0.1) is 0 Å². The van der Waals surface area contributed by atoms with Gasteiger partial charge in [-0.25, -0.2) is 0 Å². The zero-order chi connectivity index (χ0) is 12.6. The first-order valence-corrected chi connectivity index (χ1v) is 5.41. The first-order chi connectivity index (χ1) is 7.93. The fraction of sp³-hybridized carbons (Fsp3) is 0.545. The Bertz CT molecular complexity index is 415. The average molecular weight is 248 g/mol. The largest absolute Gasteiger partial charge is 0.375 e. The molecular weight excluding hydrogens is 236 g/mol. The van der Waals surface area contributed by atoms with Crippen LogP contribution in [0, 0.1) is 23.5 Å². The molecule has 94 valence electrons. The summed E-state index contributed by atoms with van der Waals surface area (Å²) < 4.78 is 52.5. The minimum atomic E-state index is -1.63. The van der Waals surface area contributed by atoms with Gasteiger partial charge in [0.2, 0.25) is 11.6 Å². The number of pyridine rings is 1. The summed E-state index contributed by atoms with van der Waals surface area (Å²) in [6.45, 7) is 1.77. The van der Waals surface area contributed by atoms with Crippen molar-refractivity contribution in [2.45, 2.75) is 38.1 Å². The Morgan fingerprint density at radius 2 is 1.47 bits per heavy atom. The number of hydrogen-bond acceptors (Lipinski definition) is 2. The highest BCUT2D eigenvalue weighted by atomic mass is 19.2. The van der Waals surface area contributed by atoms with Gasteiger partial charge < -0.3 is 5.32 Å². The molecule has 17 heavy (non-hydrogen) atoms. The lowest BCUT2D eigenvalue weighted by Crippen LogP contribution is -2.32. The third kappa shape index (κ3) is 2.21. The zero-order valence-electron chi connectivity index (χ0n) is 9.29. The predicted molar refractivity (Wildman–Crippen MR) is 54.6 cm³/mol. The van der Waals surface area contributed by atoms with Crippen molar-refractivity contribution in [3.63, 3.8) is 0 Å². The van der Waals surface area contributed by atoms with Gasteiger partial charge in [0.1, 0.15) is 5.69 Å². The van der Waals surface area contributed by atoms with Crippen LogP contribution in [-0.4, -0.2) is 10.5 Å². The SMILES string of the molecule is CC1(Nc2c(F)c(F)nc(F)c2F)CCCC1. The molecule has 1 aromatic heterocycles. The summed E-state index contributed by atoms with van der Waals surface area (Å²) in [4.78, 5) is 2.51. The van der Waals surface area contributed by atoms with Gasteiger partial charge in [-0.05, 0) is 19.8 Å². The fourth-order valence-electron chi connectivity index (χ4n) is 2.18. The lowest BCUT2D eigenvalue weighted by molar-refractivity contribution is 0.405. The summed E-state index contributed by atoms with van der Waals surface area (Å²) in [6.07, 6.45) is 3.25. The molecule has 0 atom stereocenters. The zero-order valence-corrected chi connectivity index (χ0v) is 9.29. The van der Waals surface area contributed by atoms with Crippen molar-refractivity contribution in [2.24, 2.45) is 0 Å². The standard InChI is InChI=1S/C11H12F4N2/c1-11(4-2-3-5-11)17-8-6(12)9(14)16-10(15)7(8)13/h2-5H2,1H3,(H,16,17). The Kier molecular flexibility index (Phi) is 2.97. The van der Waals surface area contributed by atoms with Crippen LogP contribution in [0.3, 0.4) is 0 Å². The van der Waals surface area contributed by atoms with E-state index in [1.54, 1.807) is 6.92 Å². The Labute approximate surface area is 96.0 Å². The number of nitrogens with zero attached hydrogens (tertiary/aromatic N) is 1. The van der Waals surface area contributed by atoms with Crippen molar-refractivity contribution in [1.29, 1.82) is 0 Å². The summed E-state index contributed by atoms with van der Waals surface area (Å²) in [6, 6.07) is 0. The number of nitrogens with one attached hydrogen (secondary N) is 1. The third-order valence-electron chi connectivity index (χ3n) is 3.13. The molecule has 0 bridgehead atoms. The van der Waals surface area contributed by atoms with Gasteiger partial charge in [-0.15, -0.1) is 0 Å². The Morgan fingerprint density at radius 3 is 1.94 bits per heavy atom. The van der Waals surface area contributed by atoms with Gasteiger partial charge in [0.25, 0.3) is 11.9 Å². The van der Waals surface area contributed by atoms with E-state index in [0.717, 1.165) is 12.8 Å². The maximum atomic E-state index is 13.4. The molecule has 0 radical (unpaired) electrons. The van der Waals surface area contributed by atoms with E-state index in [4.69, 9.17) is 0 Å². The maximum absolute atomic E-state index is 13.4. The average Bonchev–Trinajstić information content (AvgIpc) is 2.69. The van der Waals surface area contributed by atoms with E-state index in [-0.39, 0.29) is 0 Å². The highest BCUT2D eigenvalue weighted by Gasteiger charge is 2.32. The molecule has 2 rings (SSSR count). The molecule has 1 N–H and O–H groups in total. The van der Waals surface area contributed by atoms with Crippen LogP contribution in [0.15, 0.2) is 0 Å². The Balaban J connectivity index is 2.38. The number of halogens is 4. The lowest BCUT2D eigenvalue weighted by Gasteiger charge is -2.27. The Hall–Kier alpha value is -1.33. The molecule has 0 aromatic carbocycles. The summed E-state index contributed by atoms with van der Waals surface area (Å²) in [5.41, 5.74) is -1.29. The first kappa shape index (κ1) is 12.1. The van der Waals surface area contributed by atoms with Crippen LogP contribution in [0.4, 0.5) is 23.2 Å². The highest BCUT2D eigenvalue weighted by molar-refractivity contribution is 5.47. The van der Waals surface area contributed by atoms with Gasteiger partial charge in [-0.3, -0.25) is 0 Å². The van der Waals surface area contributed by atoms with Crippen LogP contribution in [0.1, 0.15) is 32.6 Å². The summed E-state index contributed by atoms with van der Waals surface area (Å²) in [7, 11) is 0. The van der Waals surface area contributed by atoms with Crippen LogP contribution in [0.25, 0.3) is 0 Å². The molecule has 1 heterocycles. The number of rotatable bonds is 2. The molecule has 0 saturated heterocycles. The van der Waals surface area contributed by atoms with Gasteiger partial charge >= 0.3 is 0 Å². The molecule has 0 aliphatic heterocycles. The van der Waals surface area contributed by atoms with Crippen LogP contribution in [-0.2, 0) is 0 Å². The molecule has 2 nitrogen and oxygen atoms in total. The van der Waals surface area contributed by atoms with Gasteiger partial charge in [-0.1, -0.05) is 12.8 Å². The van der Waals surface area contributed by atoms with Gasteiger partial charge in [0.15, 0.2) is 0 Å². The molecule has 0 unspecified atom stereocenters. The van der Waals surface area contributed by atoms with E-state index in [1.165, 1.54) is 0 Å². The third-order valence-corrected chi connectivity index (χ3v) is 3.13. The number of hydrogen-bond donors (Lipinski definition) is 1. The van der Waals surface area contributed by atoms with E-state index in [9.17, 15) is 17.6 Å². The minimum absolute atomic E-state index is 0.526. The van der Waals surface area contributed by atoms with Crippen molar-refractivity contribution in [1.82, 2.24) is 4.98 Å². The van der Waals surface area contributed by atoms with Crippen LogP contribution < -0.4 is 5.32 Å². The molecular formula is C11H12F4N2. The molecule has 1 aliphatic carbocycles. The molecule has 6 heteroatoms. The van der Waals surface area contributed by atoms with Gasteiger partial charge in [-0.2, -0.15) is 22.5 Å². The first-order valence-electron chi connectivity index (χ1n) is 5.41. The molecule has 1 fully saturated rings. The summed E-state index contributed by atoms with van der Waals surface area (Å²) in [5.74, 6) is -6.21. The number of anilines is 1. The quantitative estimate of drug-likeness (QED) is 0.641. The highest BCUT2D eigenvalue weighted by Crippen LogP contribution is 2.34. The van der Waals surface area contributed by atoms with Crippen LogP contribution >= 0.6 is 0 Å². The van der Waals surface area contributed by atoms with Crippen molar-refractivity contribution in [3.8, 4) is 0 Å². The second kappa shape index (κ2) is 4.16. The van der Waals surface area contributed by atoms with Crippen molar-refractivity contribution < 1.29 is 17.6 Å². The molecule has 1 aliphatic rings. The van der Waals surface area contributed by atoms with E-state index < -0.39 is 34.8 Å². The van der Waals surface area contributed by atoms with Crippen molar-refractivity contribution in [3.05, 3.63) is 23.5 Å². The second-order valence-corrected chi connectivity index (χ2v) is 4.59. The van der Waals surface area contributed by atoms with Gasteiger partial charge in [0, 0.05) is 5.54 Å². The molecule has 1 saturated carbocycles. The number of aromatic nitrogens is 1. The maximum Gasteiger partial charge on any atom is 0.253 e. The monoisotopic (exact) mass is 248 g/mol. The second-order valence-electron chi connectivity index (χ2n) is 4.59. The fourth-order valence-corrected chi connectivity index (χ4v) is 2.18. The van der Waals surface area contributed by atoms with Crippen molar-refractivity contribution >= 4 is 5.69 Å². The minimum Gasteiger partial charge on any atom is -0.375 e.